The second-order valence-electron chi connectivity index (χ2n) is 14.4. The quantitative estimate of drug-likeness (QED) is 0.172. The Balaban J connectivity index is 1.11. The second-order valence-corrected chi connectivity index (χ2v) is 14.4. The maximum atomic E-state index is 6.55. The maximum absolute atomic E-state index is 6.55. The summed E-state index contributed by atoms with van der Waals surface area (Å²) in [6, 6.07) is 76.9. The van der Waals surface area contributed by atoms with Crippen LogP contribution in [0.4, 0.5) is 17.1 Å². The number of hydrogen-bond donors (Lipinski definition) is 0. The van der Waals surface area contributed by atoms with E-state index in [1.165, 1.54) is 38.8 Å². The smallest absolute Gasteiger partial charge is 0.143 e. The molecule has 0 bridgehead atoms. The molecule has 0 unspecified atom stereocenters. The van der Waals surface area contributed by atoms with E-state index < -0.39 is 5.41 Å². The number of furan rings is 1. The molecule has 0 amide bonds. The third kappa shape index (κ3) is 4.68. The molecule has 0 atom stereocenters. The average molecular weight is 702 g/mol. The molecule has 1 aliphatic carbocycles. The first-order chi connectivity index (χ1) is 27.3. The van der Waals surface area contributed by atoms with Crippen molar-refractivity contribution >= 4 is 49.8 Å². The van der Waals surface area contributed by atoms with Crippen LogP contribution >= 0.6 is 0 Å². The minimum atomic E-state index is -0.478. The Bertz CT molecular complexity index is 2980. The van der Waals surface area contributed by atoms with Crippen LogP contribution in [0.1, 0.15) is 22.3 Å². The molecule has 258 valence electrons. The van der Waals surface area contributed by atoms with E-state index in [4.69, 9.17) is 4.42 Å². The Hall–Kier alpha value is -7.16. The van der Waals surface area contributed by atoms with E-state index in [-0.39, 0.29) is 0 Å². The van der Waals surface area contributed by atoms with Crippen molar-refractivity contribution in [1.29, 1.82) is 0 Å². The van der Waals surface area contributed by atoms with Crippen LogP contribution in [0, 0.1) is 0 Å². The van der Waals surface area contributed by atoms with E-state index in [2.05, 4.69) is 217 Å². The summed E-state index contributed by atoms with van der Waals surface area (Å²) in [6.45, 7) is 0. The van der Waals surface area contributed by atoms with Gasteiger partial charge in [-0.25, -0.2) is 0 Å². The molecule has 55 heavy (non-hydrogen) atoms. The summed E-state index contributed by atoms with van der Waals surface area (Å²) in [7, 11) is 0. The molecule has 2 nitrogen and oxygen atoms in total. The van der Waals surface area contributed by atoms with Crippen LogP contribution in [0.3, 0.4) is 0 Å². The fourth-order valence-corrected chi connectivity index (χ4v) is 9.25. The number of benzene rings is 9. The minimum Gasteiger partial charge on any atom is -0.455 e. The summed E-state index contributed by atoms with van der Waals surface area (Å²) in [4.78, 5) is 2.42. The van der Waals surface area contributed by atoms with Gasteiger partial charge in [0, 0.05) is 33.1 Å². The predicted molar refractivity (Wildman–Crippen MR) is 229 cm³/mol. The third-order valence-corrected chi connectivity index (χ3v) is 11.5. The summed E-state index contributed by atoms with van der Waals surface area (Å²) in [6.07, 6.45) is 0. The fraction of sp³-hybridized carbons (Fsp3) is 0.0189. The molecule has 0 spiro atoms. The molecule has 0 N–H and O–H groups in total. The first-order valence-electron chi connectivity index (χ1n) is 18.9. The molecule has 0 radical (unpaired) electrons. The van der Waals surface area contributed by atoms with Crippen molar-refractivity contribution in [3.63, 3.8) is 0 Å². The lowest BCUT2D eigenvalue weighted by molar-refractivity contribution is 0.673. The maximum Gasteiger partial charge on any atom is 0.143 e. The SMILES string of the molecule is c1ccc(N(c2ccc(-c3cccc4oc5c6ccccc6ccc5c34)cc2)c2cccc3c2-c2ccccc2C3(c2ccccc2)c2ccccc2)cc1. The molecule has 9 aromatic carbocycles. The highest BCUT2D eigenvalue weighted by molar-refractivity contribution is 6.19. The summed E-state index contributed by atoms with van der Waals surface area (Å²) < 4.78 is 6.55. The van der Waals surface area contributed by atoms with Crippen molar-refractivity contribution in [3.8, 4) is 22.3 Å². The number of nitrogens with zero attached hydrogens (tertiary/aromatic N) is 1. The highest BCUT2D eigenvalue weighted by Crippen LogP contribution is 2.59. The highest BCUT2D eigenvalue weighted by atomic mass is 16.3. The van der Waals surface area contributed by atoms with Crippen LogP contribution in [-0.4, -0.2) is 0 Å². The molecule has 1 heterocycles. The molecule has 11 rings (SSSR count). The van der Waals surface area contributed by atoms with Gasteiger partial charge in [0.15, 0.2) is 0 Å². The van der Waals surface area contributed by atoms with E-state index in [1.54, 1.807) is 0 Å². The largest absolute Gasteiger partial charge is 0.455 e. The average Bonchev–Trinajstić information content (AvgIpc) is 3.80. The van der Waals surface area contributed by atoms with Gasteiger partial charge in [-0.3, -0.25) is 0 Å². The zero-order valence-corrected chi connectivity index (χ0v) is 30.1. The van der Waals surface area contributed by atoms with Crippen molar-refractivity contribution < 1.29 is 4.42 Å². The lowest BCUT2D eigenvalue weighted by Crippen LogP contribution is -2.28. The van der Waals surface area contributed by atoms with Gasteiger partial charge < -0.3 is 9.32 Å². The highest BCUT2D eigenvalue weighted by Gasteiger charge is 2.47. The van der Waals surface area contributed by atoms with Crippen molar-refractivity contribution in [2.75, 3.05) is 4.90 Å². The first kappa shape index (κ1) is 31.4. The normalized spacial score (nSPS) is 12.9. The molecule has 2 heteroatoms. The Kier molecular flexibility index (Phi) is 7.11. The van der Waals surface area contributed by atoms with Crippen molar-refractivity contribution in [2.24, 2.45) is 0 Å². The summed E-state index contributed by atoms with van der Waals surface area (Å²) in [5.41, 5.74) is 14.6. The molecular formula is C53H35NO. The zero-order valence-electron chi connectivity index (χ0n) is 30.1. The Morgan fingerprint density at radius 3 is 1.76 bits per heavy atom. The van der Waals surface area contributed by atoms with Crippen LogP contribution in [0.5, 0.6) is 0 Å². The minimum absolute atomic E-state index is 0.478. The van der Waals surface area contributed by atoms with Gasteiger partial charge >= 0.3 is 0 Å². The molecule has 0 aliphatic heterocycles. The van der Waals surface area contributed by atoms with Crippen LogP contribution in [0.25, 0.3) is 55.0 Å². The number of rotatable bonds is 6. The van der Waals surface area contributed by atoms with Gasteiger partial charge in [-0.05, 0) is 86.8 Å². The van der Waals surface area contributed by atoms with Gasteiger partial charge in [-0.2, -0.15) is 0 Å². The van der Waals surface area contributed by atoms with Gasteiger partial charge in [-0.1, -0.05) is 170 Å². The summed E-state index contributed by atoms with van der Waals surface area (Å²) in [5, 5.41) is 4.60. The number of hydrogen-bond acceptors (Lipinski definition) is 2. The van der Waals surface area contributed by atoms with E-state index in [0.717, 1.165) is 55.5 Å². The van der Waals surface area contributed by atoms with Crippen LogP contribution in [0.15, 0.2) is 217 Å². The van der Waals surface area contributed by atoms with Crippen LogP contribution in [-0.2, 0) is 5.41 Å². The molecular weight excluding hydrogens is 667 g/mol. The summed E-state index contributed by atoms with van der Waals surface area (Å²) >= 11 is 0. The van der Waals surface area contributed by atoms with Crippen LogP contribution < -0.4 is 4.90 Å². The van der Waals surface area contributed by atoms with Crippen molar-refractivity contribution in [3.05, 3.63) is 235 Å². The van der Waals surface area contributed by atoms with E-state index >= 15 is 0 Å². The predicted octanol–water partition coefficient (Wildman–Crippen LogP) is 14.2. The molecule has 0 saturated heterocycles. The summed E-state index contributed by atoms with van der Waals surface area (Å²) in [5.74, 6) is 0. The molecule has 1 aliphatic rings. The zero-order chi connectivity index (χ0) is 36.3. The third-order valence-electron chi connectivity index (χ3n) is 11.5. The Labute approximate surface area is 320 Å². The standard InChI is InChI=1S/C53H35NO/c1-4-17-38(18-5-1)53(39-19-6-2-7-20-39)46-26-13-12-24-44(46)51-47(53)27-15-28-48(51)54(40-21-8-3-9-22-40)41-33-30-37(31-34-41)42-25-14-29-49-50(42)45-35-32-36-16-10-11-23-43(36)52(45)55-49/h1-35H. The monoisotopic (exact) mass is 701 g/mol. The Morgan fingerprint density at radius 2 is 1.00 bits per heavy atom. The van der Waals surface area contributed by atoms with Crippen LogP contribution in [0.2, 0.25) is 0 Å². The lowest BCUT2D eigenvalue weighted by Gasteiger charge is -2.34. The number of fused-ring (bicyclic) bond motifs is 8. The molecule has 1 aromatic heterocycles. The second kappa shape index (κ2) is 12.5. The number of para-hydroxylation sites is 1. The molecule has 10 aromatic rings. The lowest BCUT2D eigenvalue weighted by atomic mass is 9.68. The fourth-order valence-electron chi connectivity index (χ4n) is 9.25. The van der Waals surface area contributed by atoms with E-state index in [1.807, 2.05) is 0 Å². The van der Waals surface area contributed by atoms with Gasteiger partial charge in [0.05, 0.1) is 11.1 Å². The van der Waals surface area contributed by atoms with Gasteiger partial charge in [0.25, 0.3) is 0 Å². The molecule has 0 saturated carbocycles. The van der Waals surface area contributed by atoms with E-state index in [0.29, 0.717) is 0 Å². The first-order valence-corrected chi connectivity index (χ1v) is 18.9. The molecule has 0 fully saturated rings. The van der Waals surface area contributed by atoms with Gasteiger partial charge in [-0.15, -0.1) is 0 Å². The van der Waals surface area contributed by atoms with E-state index in [9.17, 15) is 0 Å². The Morgan fingerprint density at radius 1 is 0.400 bits per heavy atom. The topological polar surface area (TPSA) is 16.4 Å². The van der Waals surface area contributed by atoms with Crippen molar-refractivity contribution in [2.45, 2.75) is 5.41 Å². The van der Waals surface area contributed by atoms with Gasteiger partial charge in [0.2, 0.25) is 0 Å². The van der Waals surface area contributed by atoms with Gasteiger partial charge in [0.1, 0.15) is 11.2 Å². The van der Waals surface area contributed by atoms with Crippen molar-refractivity contribution in [1.82, 2.24) is 0 Å². The number of anilines is 3.